The average molecular weight is 375 g/mol. The highest BCUT2D eigenvalue weighted by molar-refractivity contribution is 5.99. The van der Waals surface area contributed by atoms with Crippen LogP contribution in [0, 0.1) is 0 Å². The van der Waals surface area contributed by atoms with E-state index in [1.54, 1.807) is 4.90 Å². The van der Waals surface area contributed by atoms with Crippen molar-refractivity contribution in [2.24, 2.45) is 0 Å². The lowest BCUT2D eigenvalue weighted by Gasteiger charge is -2.31. The first kappa shape index (κ1) is 18.4. The van der Waals surface area contributed by atoms with Crippen molar-refractivity contribution in [1.82, 2.24) is 14.7 Å². The molecule has 1 fully saturated rings. The lowest BCUT2D eigenvalue weighted by molar-refractivity contribution is -0.902. The number of hydrogen-bond acceptors (Lipinski definition) is 2. The van der Waals surface area contributed by atoms with Gasteiger partial charge in [0, 0.05) is 11.8 Å². The van der Waals surface area contributed by atoms with Gasteiger partial charge in [0.2, 0.25) is 0 Å². The third-order valence-electron chi connectivity index (χ3n) is 5.48. The maximum absolute atomic E-state index is 13.3. The van der Waals surface area contributed by atoms with Gasteiger partial charge in [-0.2, -0.15) is 5.10 Å². The summed E-state index contributed by atoms with van der Waals surface area (Å²) in [4.78, 5) is 16.9. The van der Waals surface area contributed by atoms with Gasteiger partial charge in [-0.15, -0.1) is 0 Å². The van der Waals surface area contributed by atoms with Crippen LogP contribution >= 0.6 is 0 Å². The largest absolute Gasteiger partial charge is 0.332 e. The van der Waals surface area contributed by atoms with Gasteiger partial charge in [-0.3, -0.25) is 9.48 Å². The molecule has 0 radical (unpaired) electrons. The van der Waals surface area contributed by atoms with Crippen molar-refractivity contribution >= 4 is 5.91 Å². The van der Waals surface area contributed by atoms with Crippen LogP contribution in [0.25, 0.3) is 11.3 Å². The Morgan fingerprint density at radius 1 is 1.00 bits per heavy atom. The second-order valence-electron chi connectivity index (χ2n) is 7.34. The molecule has 0 atom stereocenters. The van der Waals surface area contributed by atoms with Crippen molar-refractivity contribution in [3.63, 3.8) is 0 Å². The van der Waals surface area contributed by atoms with E-state index in [0.717, 1.165) is 44.0 Å². The number of amides is 1. The quantitative estimate of drug-likeness (QED) is 0.741. The van der Waals surface area contributed by atoms with Crippen LogP contribution in [0.5, 0.6) is 0 Å². The fourth-order valence-corrected chi connectivity index (χ4v) is 3.79. The number of rotatable bonds is 5. The molecule has 1 saturated heterocycles. The molecule has 0 saturated carbocycles. The lowest BCUT2D eigenvalue weighted by Crippen LogP contribution is -3.14. The van der Waals surface area contributed by atoms with Crippen molar-refractivity contribution in [3.05, 3.63) is 78.0 Å². The Hall–Kier alpha value is -2.92. The lowest BCUT2D eigenvalue weighted by atomic mass is 10.1. The normalized spacial score (nSPS) is 15.0. The van der Waals surface area contributed by atoms with Gasteiger partial charge in [-0.1, -0.05) is 60.7 Å². The standard InChI is InChI=1S/C23H26N4O/c1-2-25-13-15-26(16-14-25)23(28)21-18-27(17-19-9-5-3-6-10-19)24-22(21)20-11-7-4-8-12-20/h3-12,18H,2,13-17H2,1H3/p+1. The van der Waals surface area contributed by atoms with Crippen molar-refractivity contribution in [3.8, 4) is 11.3 Å². The minimum absolute atomic E-state index is 0.0910. The van der Waals surface area contributed by atoms with Crippen LogP contribution in [0.2, 0.25) is 0 Å². The third-order valence-corrected chi connectivity index (χ3v) is 5.48. The van der Waals surface area contributed by atoms with Crippen LogP contribution in [0.3, 0.4) is 0 Å². The summed E-state index contributed by atoms with van der Waals surface area (Å²) in [5.41, 5.74) is 3.62. The Balaban J connectivity index is 1.64. The fourth-order valence-electron chi connectivity index (χ4n) is 3.79. The van der Waals surface area contributed by atoms with E-state index in [0.29, 0.717) is 12.1 Å². The van der Waals surface area contributed by atoms with Crippen molar-refractivity contribution in [2.75, 3.05) is 32.7 Å². The molecule has 3 aromatic rings. The minimum atomic E-state index is 0.0910. The topological polar surface area (TPSA) is 42.6 Å². The van der Waals surface area contributed by atoms with Crippen LogP contribution in [0.1, 0.15) is 22.8 Å². The van der Waals surface area contributed by atoms with Gasteiger partial charge in [-0.25, -0.2) is 0 Å². The van der Waals surface area contributed by atoms with E-state index in [4.69, 9.17) is 5.10 Å². The molecule has 1 N–H and O–H groups in total. The molecule has 5 heteroatoms. The Kier molecular flexibility index (Phi) is 5.53. The van der Waals surface area contributed by atoms with Crippen LogP contribution in [-0.2, 0) is 6.54 Å². The number of benzene rings is 2. The van der Waals surface area contributed by atoms with Gasteiger partial charge in [0.1, 0.15) is 5.69 Å². The number of nitrogens with zero attached hydrogens (tertiary/aromatic N) is 3. The van der Waals surface area contributed by atoms with Crippen LogP contribution in [-0.4, -0.2) is 53.3 Å². The summed E-state index contributed by atoms with van der Waals surface area (Å²) >= 11 is 0. The van der Waals surface area contributed by atoms with Gasteiger partial charge in [0.25, 0.3) is 5.91 Å². The van der Waals surface area contributed by atoms with E-state index in [-0.39, 0.29) is 5.91 Å². The minimum Gasteiger partial charge on any atom is -0.332 e. The molecule has 2 heterocycles. The van der Waals surface area contributed by atoms with Crippen molar-refractivity contribution in [2.45, 2.75) is 13.5 Å². The first-order valence-corrected chi connectivity index (χ1v) is 10.0. The van der Waals surface area contributed by atoms with E-state index < -0.39 is 0 Å². The SMILES string of the molecule is CC[NH+]1CCN(C(=O)c2cn(Cc3ccccc3)nc2-c2ccccc2)CC1. The molecule has 1 aliphatic rings. The van der Waals surface area contributed by atoms with E-state index in [1.807, 2.05) is 64.3 Å². The summed E-state index contributed by atoms with van der Waals surface area (Å²) in [6.45, 7) is 7.62. The molecule has 1 amide bonds. The Morgan fingerprint density at radius 2 is 1.64 bits per heavy atom. The number of aromatic nitrogens is 2. The predicted octanol–water partition coefficient (Wildman–Crippen LogP) is 1.96. The maximum atomic E-state index is 13.3. The van der Waals surface area contributed by atoms with Crippen LogP contribution in [0.4, 0.5) is 0 Å². The Labute approximate surface area is 166 Å². The molecular formula is C23H27N4O+. The molecule has 2 aromatic carbocycles. The second-order valence-corrected chi connectivity index (χ2v) is 7.34. The first-order chi connectivity index (χ1) is 13.7. The zero-order chi connectivity index (χ0) is 19.3. The number of piperazine rings is 1. The number of hydrogen-bond donors (Lipinski definition) is 1. The molecule has 0 spiro atoms. The molecule has 144 valence electrons. The maximum Gasteiger partial charge on any atom is 0.258 e. The first-order valence-electron chi connectivity index (χ1n) is 10.0. The van der Waals surface area contributed by atoms with Crippen LogP contribution < -0.4 is 4.90 Å². The number of carbonyl (C=O) groups is 1. The zero-order valence-corrected chi connectivity index (χ0v) is 16.3. The highest BCUT2D eigenvalue weighted by Gasteiger charge is 2.27. The van der Waals surface area contributed by atoms with E-state index in [2.05, 4.69) is 19.1 Å². The fraction of sp³-hybridized carbons (Fsp3) is 0.304. The van der Waals surface area contributed by atoms with E-state index in [1.165, 1.54) is 5.56 Å². The van der Waals surface area contributed by atoms with E-state index >= 15 is 0 Å². The summed E-state index contributed by atoms with van der Waals surface area (Å²) in [6.07, 6.45) is 1.91. The molecule has 1 aromatic heterocycles. The zero-order valence-electron chi connectivity index (χ0n) is 16.3. The summed E-state index contributed by atoms with van der Waals surface area (Å²) in [5, 5.41) is 4.79. The highest BCUT2D eigenvalue weighted by Crippen LogP contribution is 2.24. The van der Waals surface area contributed by atoms with E-state index in [9.17, 15) is 4.79 Å². The number of quaternary nitrogens is 1. The molecule has 0 unspecified atom stereocenters. The van der Waals surface area contributed by atoms with Crippen LogP contribution in [0.15, 0.2) is 66.9 Å². The average Bonchev–Trinajstić information content (AvgIpc) is 3.18. The van der Waals surface area contributed by atoms with Gasteiger partial charge in [0.05, 0.1) is 44.8 Å². The van der Waals surface area contributed by atoms with Gasteiger partial charge in [0.15, 0.2) is 0 Å². The molecule has 0 aliphatic carbocycles. The molecule has 4 rings (SSSR count). The number of carbonyl (C=O) groups excluding carboxylic acids is 1. The molecular weight excluding hydrogens is 348 g/mol. The van der Waals surface area contributed by atoms with Crippen molar-refractivity contribution in [1.29, 1.82) is 0 Å². The summed E-state index contributed by atoms with van der Waals surface area (Å²) in [7, 11) is 0. The molecule has 28 heavy (non-hydrogen) atoms. The molecule has 0 bridgehead atoms. The number of nitrogens with one attached hydrogen (secondary N) is 1. The molecule has 5 nitrogen and oxygen atoms in total. The Bertz CT molecular complexity index is 912. The molecule has 1 aliphatic heterocycles. The summed E-state index contributed by atoms with van der Waals surface area (Å²) in [6, 6.07) is 20.2. The number of likely N-dealkylation sites (N-methyl/N-ethyl adjacent to an activating group) is 1. The summed E-state index contributed by atoms with van der Waals surface area (Å²) in [5.74, 6) is 0.0910. The van der Waals surface area contributed by atoms with Crippen molar-refractivity contribution < 1.29 is 9.69 Å². The second kappa shape index (κ2) is 8.40. The highest BCUT2D eigenvalue weighted by atomic mass is 16.2. The monoisotopic (exact) mass is 375 g/mol. The van der Waals surface area contributed by atoms with Gasteiger partial charge >= 0.3 is 0 Å². The summed E-state index contributed by atoms with van der Waals surface area (Å²) < 4.78 is 1.89. The predicted molar refractivity (Wildman–Crippen MR) is 110 cm³/mol. The van der Waals surface area contributed by atoms with Gasteiger partial charge < -0.3 is 9.80 Å². The third kappa shape index (κ3) is 3.99. The smallest absolute Gasteiger partial charge is 0.258 e. The Morgan fingerprint density at radius 3 is 2.29 bits per heavy atom. The van der Waals surface area contributed by atoms with Gasteiger partial charge in [-0.05, 0) is 12.5 Å².